The largest absolute Gasteiger partial charge is 0.417 e. The first-order chi connectivity index (χ1) is 33.5. The van der Waals surface area contributed by atoms with Gasteiger partial charge in [0.25, 0.3) is 0 Å². The molecule has 0 bridgehead atoms. The fourth-order valence-corrected chi connectivity index (χ4v) is 9.69. The van der Waals surface area contributed by atoms with Crippen LogP contribution in [-0.4, -0.2) is 39.0 Å². The summed E-state index contributed by atoms with van der Waals surface area (Å²) in [5.41, 5.74) is 1.82. The summed E-state index contributed by atoms with van der Waals surface area (Å²) in [7, 11) is 0. The van der Waals surface area contributed by atoms with E-state index >= 15 is 0 Å². The quantitative estimate of drug-likeness (QED) is 0.153. The molecule has 0 spiro atoms. The smallest absolute Gasteiger partial charge is 0.309 e. The van der Waals surface area contributed by atoms with Crippen LogP contribution in [0.2, 0.25) is 0 Å². The number of nitrogens with zero attached hydrogens (tertiary/aromatic N) is 9. The molecule has 4 aromatic heterocycles. The average molecular weight is 936 g/mol. The topological polar surface area (TPSA) is 111 Å². The van der Waals surface area contributed by atoms with E-state index in [2.05, 4.69) is 36.0 Å². The first-order valence-corrected chi connectivity index (χ1v) is 22.0. The summed E-state index contributed by atoms with van der Waals surface area (Å²) in [6.07, 6.45) is -10.3. The van der Waals surface area contributed by atoms with E-state index in [4.69, 9.17) is 0 Å². The fraction of sp³-hybridized carbons (Fsp3) is 0.109. The summed E-state index contributed by atoms with van der Waals surface area (Å²) < 4.78 is 93.7. The number of para-hydroxylation sites is 2. The van der Waals surface area contributed by atoms with Crippen LogP contribution in [0.15, 0.2) is 140 Å². The third kappa shape index (κ3) is 7.36. The van der Waals surface area contributed by atoms with E-state index in [-0.39, 0.29) is 16.7 Å². The van der Waals surface area contributed by atoms with Crippen LogP contribution in [0, 0.1) is 39.0 Å². The van der Waals surface area contributed by atoms with Gasteiger partial charge < -0.3 is 9.13 Å². The van der Waals surface area contributed by atoms with Crippen molar-refractivity contribution < 1.29 is 26.3 Å². The van der Waals surface area contributed by atoms with Crippen molar-refractivity contribution in [3.05, 3.63) is 180 Å². The Morgan fingerprint density at radius 1 is 0.414 bits per heavy atom. The fourth-order valence-electron chi connectivity index (χ4n) is 9.69. The van der Waals surface area contributed by atoms with Crippen LogP contribution in [0.4, 0.5) is 26.3 Å². The molecular formula is C55H35F6N9. The molecule has 15 heteroatoms. The molecule has 0 atom stereocenters. The molecular weight excluding hydrogens is 901 g/mol. The third-order valence-electron chi connectivity index (χ3n) is 12.4. The van der Waals surface area contributed by atoms with Gasteiger partial charge in [-0.2, -0.15) is 31.6 Å². The second-order valence-electron chi connectivity index (χ2n) is 17.0. The number of aryl methyl sites for hydroxylation is 4. The molecule has 0 fully saturated rings. The second-order valence-corrected chi connectivity index (χ2v) is 17.0. The van der Waals surface area contributed by atoms with Gasteiger partial charge >= 0.3 is 12.4 Å². The Hall–Kier alpha value is -8.77. The molecule has 11 aromatic rings. The monoisotopic (exact) mass is 935 g/mol. The van der Waals surface area contributed by atoms with E-state index in [1.807, 2.05) is 94.1 Å². The highest BCUT2D eigenvalue weighted by atomic mass is 19.4. The van der Waals surface area contributed by atoms with Crippen LogP contribution in [0.25, 0.3) is 100 Å². The van der Waals surface area contributed by atoms with E-state index in [1.54, 1.807) is 52.0 Å². The third-order valence-corrected chi connectivity index (χ3v) is 12.4. The average Bonchev–Trinajstić information content (AvgIpc) is 3.84. The molecule has 70 heavy (non-hydrogen) atoms. The zero-order valence-corrected chi connectivity index (χ0v) is 37.6. The van der Waals surface area contributed by atoms with Gasteiger partial charge in [-0.3, -0.25) is 0 Å². The number of halogens is 6. The Bertz CT molecular complexity index is 3940. The van der Waals surface area contributed by atoms with E-state index < -0.39 is 29.0 Å². The predicted octanol–water partition coefficient (Wildman–Crippen LogP) is 14.1. The minimum absolute atomic E-state index is 0.209. The molecule has 9 nitrogen and oxygen atoms in total. The van der Waals surface area contributed by atoms with Crippen LogP contribution >= 0.6 is 0 Å². The Morgan fingerprint density at radius 2 is 0.829 bits per heavy atom. The number of hydrogen-bond acceptors (Lipinski definition) is 7. The zero-order chi connectivity index (χ0) is 48.8. The lowest BCUT2D eigenvalue weighted by Crippen LogP contribution is -2.14. The van der Waals surface area contributed by atoms with Crippen molar-refractivity contribution in [3.8, 4) is 62.5 Å². The van der Waals surface area contributed by atoms with Crippen molar-refractivity contribution in [1.82, 2.24) is 39.0 Å². The van der Waals surface area contributed by atoms with Gasteiger partial charge in [0, 0.05) is 49.4 Å². The van der Waals surface area contributed by atoms with E-state index in [9.17, 15) is 31.6 Å². The van der Waals surface area contributed by atoms with Crippen LogP contribution in [-0.2, 0) is 12.4 Å². The van der Waals surface area contributed by atoms with Gasteiger partial charge in [0.15, 0.2) is 11.6 Å². The van der Waals surface area contributed by atoms with Gasteiger partial charge in [0.05, 0.1) is 56.2 Å². The van der Waals surface area contributed by atoms with Gasteiger partial charge in [-0.1, -0.05) is 48.5 Å². The number of rotatable bonds is 6. The summed E-state index contributed by atoms with van der Waals surface area (Å²) in [4.78, 5) is 27.0. The Labute approximate surface area is 395 Å². The van der Waals surface area contributed by atoms with Crippen molar-refractivity contribution >= 4 is 43.6 Å². The summed E-state index contributed by atoms with van der Waals surface area (Å²) >= 11 is 0. The number of nitriles is 1. The summed E-state index contributed by atoms with van der Waals surface area (Å²) in [6.45, 7) is 7.15. The van der Waals surface area contributed by atoms with E-state index in [0.29, 0.717) is 80.6 Å². The van der Waals surface area contributed by atoms with Crippen LogP contribution in [0.3, 0.4) is 0 Å². The summed E-state index contributed by atoms with van der Waals surface area (Å²) in [6, 6.07) is 40.3. The van der Waals surface area contributed by atoms with Crippen molar-refractivity contribution in [2.45, 2.75) is 40.0 Å². The highest BCUT2D eigenvalue weighted by Gasteiger charge is 2.41. The Kier molecular flexibility index (Phi) is 10.1. The molecule has 342 valence electrons. The molecule has 0 aliphatic carbocycles. The Balaban J connectivity index is 1.25. The van der Waals surface area contributed by atoms with Gasteiger partial charge in [0.1, 0.15) is 23.3 Å². The lowest BCUT2D eigenvalue weighted by molar-refractivity contribution is -0.142. The molecule has 0 radical (unpaired) electrons. The van der Waals surface area contributed by atoms with Crippen molar-refractivity contribution in [1.29, 1.82) is 5.26 Å². The van der Waals surface area contributed by atoms with Crippen LogP contribution in [0.1, 0.15) is 40.0 Å². The molecule has 4 heterocycles. The number of benzene rings is 7. The lowest BCUT2D eigenvalue weighted by Gasteiger charge is -2.22. The maximum absolute atomic E-state index is 15.0. The predicted molar refractivity (Wildman–Crippen MR) is 257 cm³/mol. The first-order valence-electron chi connectivity index (χ1n) is 22.0. The molecule has 0 unspecified atom stereocenters. The number of hydrogen-bond donors (Lipinski definition) is 0. The van der Waals surface area contributed by atoms with Crippen molar-refractivity contribution in [2.24, 2.45) is 0 Å². The van der Waals surface area contributed by atoms with Gasteiger partial charge in [-0.25, -0.2) is 29.9 Å². The molecule has 0 N–H and O–H groups in total. The molecule has 0 aliphatic heterocycles. The zero-order valence-electron chi connectivity index (χ0n) is 37.6. The number of aromatic nitrogens is 8. The normalized spacial score (nSPS) is 12.1. The van der Waals surface area contributed by atoms with Crippen LogP contribution in [0.5, 0.6) is 0 Å². The molecule has 0 amide bonds. The molecule has 0 saturated carbocycles. The van der Waals surface area contributed by atoms with E-state index in [1.165, 1.54) is 12.1 Å². The maximum atomic E-state index is 15.0. The SMILES string of the molecule is Cc1nc(C)nc(-c2ccc3c(c2)c2ccccc2n3-c2ccc(C#N)cc2-c2cc(-c3c(C(F)(F)F)cccc3C(F)(F)F)ccc2-n2c3ccccc3c3cc(-c4nc(C)nc(C)n4)ccc32)n1. The van der Waals surface area contributed by atoms with Crippen molar-refractivity contribution in [3.63, 3.8) is 0 Å². The lowest BCUT2D eigenvalue weighted by atomic mass is 9.90. The molecule has 0 saturated heterocycles. The first kappa shape index (κ1) is 43.8. The molecule has 0 aliphatic rings. The van der Waals surface area contributed by atoms with Crippen molar-refractivity contribution in [2.75, 3.05) is 0 Å². The maximum Gasteiger partial charge on any atom is 0.417 e. The number of fused-ring (bicyclic) bond motifs is 6. The summed E-state index contributed by atoms with van der Waals surface area (Å²) in [5, 5.41) is 13.8. The summed E-state index contributed by atoms with van der Waals surface area (Å²) in [5.74, 6) is 3.15. The van der Waals surface area contributed by atoms with Gasteiger partial charge in [-0.15, -0.1) is 0 Å². The standard InChI is InChI=1S/C55H35F6N9/c1-29-63-30(2)66-52(65-29)35-18-22-48-40(26-35)37-10-5-7-14-45(37)69(48)47-20-16-33(28-62)24-39(47)42-25-34(51-43(54(56,57)58)12-9-13-44(51)55(59,60)61)17-21-50(42)70-46-15-8-6-11-38(46)41-27-36(19-23-49(41)70)53-67-31(3)64-32(4)68-53/h5-27H,1-4H3. The molecule has 11 rings (SSSR count). The highest BCUT2D eigenvalue weighted by Crippen LogP contribution is 2.48. The highest BCUT2D eigenvalue weighted by molar-refractivity contribution is 6.12. The van der Waals surface area contributed by atoms with Crippen LogP contribution < -0.4 is 0 Å². The van der Waals surface area contributed by atoms with Gasteiger partial charge in [0.2, 0.25) is 0 Å². The van der Waals surface area contributed by atoms with E-state index in [0.717, 1.165) is 44.2 Å². The van der Waals surface area contributed by atoms with Gasteiger partial charge in [-0.05, 0) is 124 Å². The number of alkyl halides is 6. The second kappa shape index (κ2) is 16.2. The molecule has 7 aromatic carbocycles. The Morgan fingerprint density at radius 3 is 1.29 bits per heavy atom. The minimum Gasteiger partial charge on any atom is -0.309 e. The minimum atomic E-state index is -5.15.